The molecule has 1 aromatic carbocycles. The molecule has 4 nitrogen and oxygen atoms in total. The first-order chi connectivity index (χ1) is 5.79. The molecule has 0 aliphatic carbocycles. The molecule has 1 unspecified atom stereocenters. The van der Waals surface area contributed by atoms with E-state index in [1.54, 1.807) is 24.3 Å². The Morgan fingerprint density at radius 1 is 1.33 bits per heavy atom. The Balaban J connectivity index is 2.29. The smallest absolute Gasteiger partial charge is 0.203 e. The molecule has 0 radical (unpaired) electrons. The predicted octanol–water partition coefficient (Wildman–Crippen LogP) is 0.834. The molecule has 0 spiro atoms. The quantitative estimate of drug-likeness (QED) is 0.517. The van der Waals surface area contributed by atoms with Crippen LogP contribution in [-0.2, 0) is 15.5 Å². The van der Waals surface area contributed by atoms with Crippen LogP contribution in [0.5, 0.6) is 5.75 Å². The van der Waals surface area contributed by atoms with Crippen LogP contribution >= 0.6 is 0 Å². The molecule has 1 rings (SSSR count). The van der Waals surface area contributed by atoms with Crippen molar-refractivity contribution in [3.8, 4) is 5.75 Å². The van der Waals surface area contributed by atoms with Crippen LogP contribution in [0.15, 0.2) is 30.3 Å². The lowest BCUT2D eigenvalue weighted by molar-refractivity contribution is 0.122. The second-order valence-corrected chi connectivity index (χ2v) is 2.54. The number of benzene rings is 1. The maximum absolute atomic E-state index is 9.89. The molecule has 0 aromatic heterocycles. The Hall–Kier alpha value is -0.910. The zero-order chi connectivity index (χ0) is 8.81. The summed E-state index contributed by atoms with van der Waals surface area (Å²) >= 11 is -2.51. The van der Waals surface area contributed by atoms with Gasteiger partial charge in [-0.25, -0.2) is 4.21 Å². The van der Waals surface area contributed by atoms with Crippen LogP contribution in [0.2, 0.25) is 0 Å². The largest absolute Gasteiger partial charge is 0.750 e. The van der Waals surface area contributed by atoms with Gasteiger partial charge < -0.3 is 9.29 Å². The van der Waals surface area contributed by atoms with Crippen LogP contribution in [0.3, 0.4) is 0 Å². The fourth-order valence-corrected chi connectivity index (χ4v) is 0.775. The van der Waals surface area contributed by atoms with Crippen molar-refractivity contribution in [2.75, 3.05) is 6.79 Å². The fraction of sp³-hybridized carbons (Fsp3) is 0.143. The fourth-order valence-electron chi connectivity index (χ4n) is 0.648. The summed E-state index contributed by atoms with van der Waals surface area (Å²) in [6.07, 6.45) is 0. The molecule has 0 N–H and O–H groups in total. The van der Waals surface area contributed by atoms with Crippen LogP contribution in [0.4, 0.5) is 0 Å². The van der Waals surface area contributed by atoms with Gasteiger partial charge in [0.05, 0.1) is 11.4 Å². The molecule has 5 heteroatoms. The third kappa shape index (κ3) is 3.47. The number of para-hydroxylation sites is 1. The summed E-state index contributed by atoms with van der Waals surface area (Å²) in [7, 11) is 0. The first kappa shape index (κ1) is 9.18. The summed E-state index contributed by atoms with van der Waals surface area (Å²) in [5.41, 5.74) is 0. The van der Waals surface area contributed by atoms with Gasteiger partial charge in [0.15, 0.2) is 0 Å². The molecular formula is C7H7O4S-. The standard InChI is InChI=1S/C7H8O4S/c8-12(9)11-6-10-7-4-2-1-3-5-7/h1-5H,6H2,(H,8,9)/p-1. The molecule has 0 saturated heterocycles. The first-order valence-corrected chi connectivity index (χ1v) is 4.19. The number of hydrogen-bond acceptors (Lipinski definition) is 4. The van der Waals surface area contributed by atoms with Crippen molar-refractivity contribution >= 4 is 11.4 Å². The Morgan fingerprint density at radius 2 is 2.00 bits per heavy atom. The molecule has 0 fully saturated rings. The van der Waals surface area contributed by atoms with Crippen molar-refractivity contribution in [1.82, 2.24) is 0 Å². The summed E-state index contributed by atoms with van der Waals surface area (Å²) in [5, 5.41) is 0. The lowest BCUT2D eigenvalue weighted by Gasteiger charge is -2.07. The van der Waals surface area contributed by atoms with Crippen LogP contribution < -0.4 is 4.74 Å². The molecule has 0 aliphatic rings. The molecule has 1 atom stereocenters. The maximum Gasteiger partial charge on any atom is 0.203 e. The highest BCUT2D eigenvalue weighted by Crippen LogP contribution is 2.07. The van der Waals surface area contributed by atoms with Crippen LogP contribution in [0, 0.1) is 0 Å². The van der Waals surface area contributed by atoms with Gasteiger partial charge in [-0.3, -0.25) is 4.18 Å². The average Bonchev–Trinajstić information content (AvgIpc) is 2.05. The maximum atomic E-state index is 9.89. The van der Waals surface area contributed by atoms with Gasteiger partial charge in [0, 0.05) is 0 Å². The van der Waals surface area contributed by atoms with Crippen molar-refractivity contribution in [1.29, 1.82) is 0 Å². The molecular weight excluding hydrogens is 180 g/mol. The van der Waals surface area contributed by atoms with Gasteiger partial charge in [-0.15, -0.1) is 0 Å². The van der Waals surface area contributed by atoms with Crippen molar-refractivity contribution < 1.29 is 17.7 Å². The van der Waals surface area contributed by atoms with Crippen molar-refractivity contribution in [2.45, 2.75) is 0 Å². The lowest BCUT2D eigenvalue weighted by atomic mass is 10.3. The highest BCUT2D eigenvalue weighted by molar-refractivity contribution is 7.74. The summed E-state index contributed by atoms with van der Waals surface area (Å²) in [6.45, 7) is -0.292. The van der Waals surface area contributed by atoms with E-state index in [0.717, 1.165) is 0 Å². The van der Waals surface area contributed by atoms with E-state index in [4.69, 9.17) is 4.74 Å². The summed E-state index contributed by atoms with van der Waals surface area (Å²) in [5.74, 6) is 0.572. The molecule has 0 heterocycles. The second-order valence-electron chi connectivity index (χ2n) is 1.90. The van der Waals surface area contributed by atoms with Gasteiger partial charge in [0.2, 0.25) is 6.79 Å². The Morgan fingerprint density at radius 3 is 2.58 bits per heavy atom. The highest BCUT2D eigenvalue weighted by Gasteiger charge is 1.89. The van der Waals surface area contributed by atoms with E-state index in [1.165, 1.54) is 0 Å². The lowest BCUT2D eigenvalue weighted by Crippen LogP contribution is -2.04. The minimum Gasteiger partial charge on any atom is -0.750 e. The van der Waals surface area contributed by atoms with Gasteiger partial charge in [0.25, 0.3) is 0 Å². The van der Waals surface area contributed by atoms with Gasteiger partial charge in [-0.2, -0.15) is 0 Å². The van der Waals surface area contributed by atoms with Crippen LogP contribution in [-0.4, -0.2) is 15.6 Å². The van der Waals surface area contributed by atoms with E-state index in [9.17, 15) is 8.76 Å². The van der Waals surface area contributed by atoms with E-state index >= 15 is 0 Å². The molecule has 12 heavy (non-hydrogen) atoms. The second kappa shape index (κ2) is 4.87. The minimum absolute atomic E-state index is 0.292. The Kier molecular flexibility index (Phi) is 3.72. The zero-order valence-corrected chi connectivity index (χ0v) is 6.95. The Bertz CT molecular complexity index is 249. The summed E-state index contributed by atoms with van der Waals surface area (Å²) in [6, 6.07) is 8.81. The van der Waals surface area contributed by atoms with Gasteiger partial charge in [-0.1, -0.05) is 18.2 Å². The number of ether oxygens (including phenoxy) is 1. The summed E-state index contributed by atoms with van der Waals surface area (Å²) in [4.78, 5) is 0. The van der Waals surface area contributed by atoms with Crippen molar-refractivity contribution in [3.63, 3.8) is 0 Å². The third-order valence-corrected chi connectivity index (χ3v) is 1.40. The highest BCUT2D eigenvalue weighted by atomic mass is 32.2. The zero-order valence-electron chi connectivity index (χ0n) is 6.14. The normalized spacial score (nSPS) is 12.4. The van der Waals surface area contributed by atoms with E-state index in [-0.39, 0.29) is 6.79 Å². The Labute approximate surface area is 72.6 Å². The van der Waals surface area contributed by atoms with Crippen molar-refractivity contribution in [3.05, 3.63) is 30.3 Å². The van der Waals surface area contributed by atoms with E-state index in [2.05, 4.69) is 4.18 Å². The predicted molar refractivity (Wildman–Crippen MR) is 41.9 cm³/mol. The minimum atomic E-state index is -2.51. The van der Waals surface area contributed by atoms with Crippen LogP contribution in [0.1, 0.15) is 0 Å². The van der Waals surface area contributed by atoms with Gasteiger partial charge in [0.1, 0.15) is 5.75 Å². The van der Waals surface area contributed by atoms with Gasteiger partial charge >= 0.3 is 0 Å². The first-order valence-electron chi connectivity index (χ1n) is 3.19. The number of hydrogen-bond donors (Lipinski definition) is 0. The van der Waals surface area contributed by atoms with Gasteiger partial charge in [-0.05, 0) is 12.1 Å². The third-order valence-electron chi connectivity index (χ3n) is 1.11. The molecule has 0 saturated carbocycles. The van der Waals surface area contributed by atoms with Crippen LogP contribution in [0.25, 0.3) is 0 Å². The molecule has 0 amide bonds. The monoisotopic (exact) mass is 187 g/mol. The SMILES string of the molecule is O=S([O-])OCOc1ccccc1. The average molecular weight is 187 g/mol. The number of rotatable bonds is 4. The van der Waals surface area contributed by atoms with Crippen molar-refractivity contribution in [2.24, 2.45) is 0 Å². The topological polar surface area (TPSA) is 58.6 Å². The van der Waals surface area contributed by atoms with E-state index in [1.807, 2.05) is 6.07 Å². The molecule has 66 valence electrons. The molecule has 1 aromatic rings. The van der Waals surface area contributed by atoms with E-state index < -0.39 is 11.4 Å². The molecule has 0 aliphatic heterocycles. The van der Waals surface area contributed by atoms with E-state index in [0.29, 0.717) is 5.75 Å². The summed E-state index contributed by atoms with van der Waals surface area (Å²) < 4.78 is 28.8. The molecule has 0 bridgehead atoms.